The quantitative estimate of drug-likeness (QED) is 0.158. The van der Waals surface area contributed by atoms with Gasteiger partial charge < -0.3 is 13.7 Å². The van der Waals surface area contributed by atoms with Crippen LogP contribution in [0.3, 0.4) is 0 Å². The van der Waals surface area contributed by atoms with E-state index in [9.17, 15) is 28.8 Å². The van der Waals surface area contributed by atoms with Gasteiger partial charge in [-0.3, -0.25) is 0 Å². The van der Waals surface area contributed by atoms with E-state index in [0.29, 0.717) is 13.7 Å². The van der Waals surface area contributed by atoms with E-state index in [1.807, 2.05) is 0 Å². The molecule has 0 aliphatic rings. The predicted molar refractivity (Wildman–Crippen MR) is 266 cm³/mol. The van der Waals surface area contributed by atoms with Crippen LogP contribution < -0.4 is 0 Å². The van der Waals surface area contributed by atoms with E-state index >= 15 is 0 Å². The summed E-state index contributed by atoms with van der Waals surface area (Å²) in [7, 11) is 0. The minimum absolute atomic E-state index is 0.500. The molecule has 0 bridgehead atoms. The summed E-state index contributed by atoms with van der Waals surface area (Å²) in [6.45, 7) is 0. The van der Waals surface area contributed by atoms with Gasteiger partial charge in [-0.25, -0.2) is 0 Å². The van der Waals surface area contributed by atoms with Crippen LogP contribution in [0.15, 0.2) is 236 Å². The van der Waals surface area contributed by atoms with Gasteiger partial charge in [0, 0.05) is 43.7 Å². The Bertz CT molecular complexity index is 6100. The summed E-state index contributed by atoms with van der Waals surface area (Å²) in [5.74, 6) is 0. The molecule has 0 fully saturated rings. The lowest BCUT2D eigenvalue weighted by atomic mass is 9.95. The Morgan fingerprint density at radius 1 is 0.238 bits per heavy atom. The Balaban J connectivity index is 1.34. The van der Waals surface area contributed by atoms with Crippen molar-refractivity contribution in [3.63, 3.8) is 0 Å². The highest BCUT2D eigenvalue weighted by molar-refractivity contribution is 6.16. The van der Waals surface area contributed by atoms with Gasteiger partial charge in [-0.15, -0.1) is 0 Å². The molecular formula is C60H39N3. The molecule has 0 saturated carbocycles. The van der Waals surface area contributed by atoms with Gasteiger partial charge in [-0.05, 0) is 99.8 Å². The maximum Gasteiger partial charge on any atom is 0.0782 e. The summed E-state index contributed by atoms with van der Waals surface area (Å²) in [6, 6.07) is -43.3. The van der Waals surface area contributed by atoms with Gasteiger partial charge in [0.2, 0.25) is 0 Å². The first-order valence-electron chi connectivity index (χ1n) is 38.0. The second-order valence-electron chi connectivity index (χ2n) is 13.5. The Kier molecular flexibility index (Phi) is 3.15. The number of fused-ring (bicyclic) bond motifs is 9. The van der Waals surface area contributed by atoms with Gasteiger partial charge in [-0.1, -0.05) is 169 Å². The maximum atomic E-state index is 10.7. The molecule has 0 aliphatic carbocycles. The van der Waals surface area contributed by atoms with Gasteiger partial charge in [0.25, 0.3) is 0 Å². The molecular weight excluding hydrogens is 763 g/mol. The average molecular weight is 841 g/mol. The predicted octanol–water partition coefficient (Wildman–Crippen LogP) is 16.0. The minimum atomic E-state index is -1.38. The molecule has 0 saturated heterocycles. The number of nitrogens with zero attached hydrogens (tertiary/aromatic N) is 3. The molecule has 0 aliphatic heterocycles. The van der Waals surface area contributed by atoms with E-state index in [4.69, 9.17) is 24.7 Å². The van der Waals surface area contributed by atoms with Crippen molar-refractivity contribution in [3.05, 3.63) is 236 Å². The number of hydrogen-bond donors (Lipinski definition) is 0. The highest BCUT2D eigenvalue weighted by Gasteiger charge is 2.22. The second kappa shape index (κ2) is 14.1. The van der Waals surface area contributed by atoms with Crippen molar-refractivity contribution < 1.29 is 53.5 Å². The van der Waals surface area contributed by atoms with Gasteiger partial charge in [0.15, 0.2) is 0 Å². The normalized spacial score (nSPS) is 20.5. The van der Waals surface area contributed by atoms with E-state index in [-0.39, 0.29) is 0 Å². The number of rotatable bonds is 6. The third kappa shape index (κ3) is 5.53. The molecule has 0 spiro atoms. The van der Waals surface area contributed by atoms with Gasteiger partial charge in [0.05, 0.1) is 92.2 Å². The molecule has 294 valence electrons. The summed E-state index contributed by atoms with van der Waals surface area (Å²) in [6.07, 6.45) is 0. The van der Waals surface area contributed by atoms with E-state index < -0.39 is 352 Å². The highest BCUT2D eigenvalue weighted by Crippen LogP contribution is 2.42. The molecule has 0 atom stereocenters. The van der Waals surface area contributed by atoms with E-state index in [1.54, 1.807) is 0 Å². The van der Waals surface area contributed by atoms with Crippen molar-refractivity contribution >= 4 is 65.4 Å². The zero-order chi connectivity index (χ0) is 75.4. The Morgan fingerprint density at radius 2 is 0.651 bits per heavy atom. The van der Waals surface area contributed by atoms with Crippen LogP contribution in [-0.2, 0) is 0 Å². The summed E-state index contributed by atoms with van der Waals surface area (Å²) >= 11 is 0. The molecule has 10 aromatic carbocycles. The third-order valence-electron chi connectivity index (χ3n) is 10.2. The van der Waals surface area contributed by atoms with Crippen LogP contribution in [-0.4, -0.2) is 13.7 Å². The lowest BCUT2D eigenvalue weighted by Gasteiger charge is -2.16. The number of para-hydroxylation sites is 5. The first kappa shape index (κ1) is 14.1. The number of benzene rings is 10. The highest BCUT2D eigenvalue weighted by atomic mass is 15.1. The molecule has 0 radical (unpaired) electrons. The first-order chi connectivity index (χ1) is 47.5. The molecule has 3 heteroatoms. The molecule has 13 aromatic rings. The fourth-order valence-corrected chi connectivity index (χ4v) is 7.58. The van der Waals surface area contributed by atoms with Crippen molar-refractivity contribution in [1.29, 1.82) is 0 Å². The average Bonchev–Trinajstić information content (AvgIpc) is 1.48. The minimum Gasteiger partial charge on any atom is -0.309 e. The lowest BCUT2D eigenvalue weighted by Crippen LogP contribution is -2.01. The zero-order valence-electron chi connectivity index (χ0n) is 70.3. The number of aromatic nitrogens is 3. The Morgan fingerprint density at radius 3 is 1.27 bits per heavy atom. The van der Waals surface area contributed by atoms with Gasteiger partial charge >= 0.3 is 0 Å². The second-order valence-corrected chi connectivity index (χ2v) is 13.5. The van der Waals surface area contributed by atoms with Crippen LogP contribution in [0.4, 0.5) is 0 Å². The van der Waals surface area contributed by atoms with Crippen LogP contribution in [0.25, 0.3) is 116 Å². The topological polar surface area (TPSA) is 14.8 Å². The van der Waals surface area contributed by atoms with E-state index in [2.05, 4.69) is 0 Å². The fourth-order valence-electron chi connectivity index (χ4n) is 7.58. The lowest BCUT2D eigenvalue weighted by molar-refractivity contribution is 1.13. The summed E-state index contributed by atoms with van der Waals surface area (Å²) in [4.78, 5) is 0. The summed E-state index contributed by atoms with van der Waals surface area (Å²) in [5, 5.41) is -4.51. The fraction of sp³-hybridized carbons (Fsp3) is 0. The third-order valence-corrected chi connectivity index (χ3v) is 10.2. The van der Waals surface area contributed by atoms with E-state index in [0.717, 1.165) is 0 Å². The monoisotopic (exact) mass is 841 g/mol. The standard InChI is InChI=1S/C60H39N3/c1-3-17-40(18-4-1)42-21-15-22-43(35-42)45-36-44(41-19-5-2-6-20-41)37-47(38-45)61-54-28-11-7-25-50(54)52-34-33-46(39-59(52)61)62-55-29-12-10-26-51(55)53-27-16-32-58(60(53)62)63-56-30-13-8-23-48(56)49-24-9-14-31-57(49)63/h1-39H/i1D,2D,3D,4D,5D,6D,7D,8D,9D,10D,11D,12D,13D,14D,15D,16D,17D,18D,19D,20D,21D,22D,23D,24D,25D,26D,27D,28D,29D,30D,31D,32D,33D,34D,35D,36D,37D,38D,39D. The zero-order valence-corrected chi connectivity index (χ0v) is 31.3. The van der Waals surface area contributed by atoms with Crippen molar-refractivity contribution in [2.45, 2.75) is 0 Å². The molecule has 3 aromatic heterocycles. The molecule has 0 amide bonds. The van der Waals surface area contributed by atoms with Crippen LogP contribution >= 0.6 is 0 Å². The van der Waals surface area contributed by atoms with Crippen LogP contribution in [0.5, 0.6) is 0 Å². The largest absolute Gasteiger partial charge is 0.309 e. The Labute approximate surface area is 419 Å². The van der Waals surface area contributed by atoms with Crippen molar-refractivity contribution in [3.8, 4) is 50.4 Å². The molecule has 13 rings (SSSR count). The van der Waals surface area contributed by atoms with Crippen LogP contribution in [0, 0.1) is 0 Å². The van der Waals surface area contributed by atoms with Crippen LogP contribution in [0.2, 0.25) is 0 Å². The van der Waals surface area contributed by atoms with Crippen molar-refractivity contribution in [2.75, 3.05) is 0 Å². The molecule has 3 heterocycles. The van der Waals surface area contributed by atoms with Gasteiger partial charge in [-0.2, -0.15) is 0 Å². The summed E-state index contributed by atoms with van der Waals surface area (Å²) in [5.41, 5.74) is -15.1. The Hall–Kier alpha value is -8.40. The van der Waals surface area contributed by atoms with Crippen molar-refractivity contribution in [2.24, 2.45) is 0 Å². The van der Waals surface area contributed by atoms with Crippen LogP contribution in [0.1, 0.15) is 53.5 Å². The maximum absolute atomic E-state index is 10.7. The van der Waals surface area contributed by atoms with Gasteiger partial charge in [0.1, 0.15) is 0 Å². The first-order valence-corrected chi connectivity index (χ1v) is 18.5. The molecule has 63 heavy (non-hydrogen) atoms. The summed E-state index contributed by atoms with van der Waals surface area (Å²) < 4.78 is 364. The van der Waals surface area contributed by atoms with Crippen molar-refractivity contribution in [1.82, 2.24) is 13.7 Å². The molecule has 0 unspecified atom stereocenters. The smallest absolute Gasteiger partial charge is 0.0782 e. The molecule has 3 nitrogen and oxygen atoms in total. The number of hydrogen-bond acceptors (Lipinski definition) is 0. The van der Waals surface area contributed by atoms with E-state index in [1.165, 1.54) is 0 Å². The SMILES string of the molecule is [2H]c1c([2H])c([2H])c(-c2c([2H])c([2H])c([2H])c(-c3c([2H])c(-c4c([2H])c([2H])c([2H])c([2H])c4[2H])c([2H])c(-n4c5c([2H])c([2H])c([2H])c([2H])c5c5c([2H])c([2H])c(-n6c7c([2H])c([2H])c([2H])c([2H])c7c7c([2H])c([2H])c([2H])c(-n8c9c([2H])c([2H])c([2H])c([2H])c9c9c([2H])c([2H])c([2H])c([2H])c98)c76)c([2H])c54)c3[2H])c2[2H])c([2H])c1[2H]. The molecule has 0 N–H and O–H groups in total.